The molecule has 1 fully saturated rings. The Kier molecular flexibility index (Phi) is 5.74. The van der Waals surface area contributed by atoms with Crippen LogP contribution in [0.25, 0.3) is 0 Å². The zero-order valence-corrected chi connectivity index (χ0v) is 15.3. The zero-order valence-electron chi connectivity index (χ0n) is 14.5. The Morgan fingerprint density at radius 3 is 2.79 bits per heavy atom. The maximum atomic E-state index is 12.5. The predicted molar refractivity (Wildman–Crippen MR) is 97.6 cm³/mol. The molecule has 130 valence electrons. The lowest BCUT2D eigenvalue weighted by atomic mass is 10.1. The van der Waals surface area contributed by atoms with Gasteiger partial charge in [-0.15, -0.1) is 11.3 Å². The molecule has 0 spiro atoms. The molecule has 3 rings (SSSR count). The maximum absolute atomic E-state index is 12.5. The Bertz CT molecular complexity index is 657. The fourth-order valence-electron chi connectivity index (χ4n) is 3.38. The van der Waals surface area contributed by atoms with Gasteiger partial charge in [0.15, 0.2) is 0 Å². The van der Waals surface area contributed by atoms with Gasteiger partial charge in [-0.25, -0.2) is 0 Å². The van der Waals surface area contributed by atoms with Crippen molar-refractivity contribution in [2.24, 2.45) is 0 Å². The number of likely N-dealkylation sites (tertiary alicyclic amines) is 1. The molecule has 1 N–H and O–H groups in total. The van der Waals surface area contributed by atoms with Crippen molar-refractivity contribution in [1.82, 2.24) is 10.2 Å². The molecule has 3 heterocycles. The van der Waals surface area contributed by atoms with Crippen LogP contribution in [-0.2, 0) is 6.42 Å². The van der Waals surface area contributed by atoms with Crippen LogP contribution >= 0.6 is 11.3 Å². The van der Waals surface area contributed by atoms with Crippen LogP contribution < -0.4 is 5.32 Å². The van der Waals surface area contributed by atoms with Crippen LogP contribution in [0.1, 0.15) is 58.1 Å². The number of aryl methyl sites for hydroxylation is 2. The average Bonchev–Trinajstić information content (AvgIpc) is 3.25. The molecule has 0 aliphatic carbocycles. The Morgan fingerprint density at radius 1 is 1.38 bits per heavy atom. The monoisotopic (exact) mass is 346 g/mol. The first-order valence-corrected chi connectivity index (χ1v) is 9.65. The first kappa shape index (κ1) is 17.2. The lowest BCUT2D eigenvalue weighted by Gasteiger charge is -2.33. The van der Waals surface area contributed by atoms with Crippen molar-refractivity contribution >= 4 is 17.2 Å². The number of thiophene rings is 1. The number of carbonyl (C=O) groups is 1. The Balaban J connectivity index is 1.67. The van der Waals surface area contributed by atoms with E-state index in [0.717, 1.165) is 30.1 Å². The summed E-state index contributed by atoms with van der Waals surface area (Å²) < 4.78 is 5.64. The van der Waals surface area contributed by atoms with Gasteiger partial charge in [0.2, 0.25) is 0 Å². The summed E-state index contributed by atoms with van der Waals surface area (Å²) in [7, 11) is 0. The molecule has 1 aliphatic heterocycles. The van der Waals surface area contributed by atoms with E-state index in [9.17, 15) is 4.79 Å². The van der Waals surface area contributed by atoms with Gasteiger partial charge in [0, 0.05) is 11.4 Å². The predicted octanol–water partition coefficient (Wildman–Crippen LogP) is 4.17. The Hall–Kier alpha value is -1.59. The van der Waals surface area contributed by atoms with Gasteiger partial charge >= 0.3 is 0 Å². The average molecular weight is 346 g/mol. The molecule has 0 saturated carbocycles. The van der Waals surface area contributed by atoms with Crippen LogP contribution in [0, 0.1) is 6.92 Å². The van der Waals surface area contributed by atoms with E-state index in [0.29, 0.717) is 6.54 Å². The highest BCUT2D eigenvalue weighted by Gasteiger charge is 2.25. The van der Waals surface area contributed by atoms with E-state index in [1.807, 2.05) is 18.2 Å². The molecule has 2 aromatic heterocycles. The smallest absolute Gasteiger partial charge is 0.261 e. The molecule has 0 aromatic carbocycles. The van der Waals surface area contributed by atoms with E-state index in [2.05, 4.69) is 24.1 Å². The second-order valence-electron chi connectivity index (χ2n) is 6.41. The lowest BCUT2D eigenvalue weighted by molar-refractivity contribution is 0.0918. The van der Waals surface area contributed by atoms with Gasteiger partial charge in [-0.2, -0.15) is 0 Å². The van der Waals surface area contributed by atoms with Gasteiger partial charge in [-0.1, -0.05) is 13.3 Å². The fourth-order valence-corrected chi connectivity index (χ4v) is 4.41. The van der Waals surface area contributed by atoms with E-state index in [1.54, 1.807) is 17.6 Å². The Morgan fingerprint density at radius 2 is 2.17 bits per heavy atom. The van der Waals surface area contributed by atoms with Crippen molar-refractivity contribution in [3.05, 3.63) is 45.5 Å². The molecule has 0 bridgehead atoms. The van der Waals surface area contributed by atoms with Crippen molar-refractivity contribution in [2.45, 2.75) is 45.6 Å². The highest BCUT2D eigenvalue weighted by Crippen LogP contribution is 2.25. The first-order valence-electron chi connectivity index (χ1n) is 8.84. The molecule has 24 heavy (non-hydrogen) atoms. The van der Waals surface area contributed by atoms with Crippen LogP contribution in [0.4, 0.5) is 0 Å². The minimum Gasteiger partial charge on any atom is -0.468 e. The van der Waals surface area contributed by atoms with E-state index in [-0.39, 0.29) is 11.9 Å². The SMILES string of the molecule is CCc1sc(C(=O)NC[C@H](c2ccco2)N2CCCCC2)cc1C. The van der Waals surface area contributed by atoms with Crippen molar-refractivity contribution in [1.29, 1.82) is 0 Å². The number of nitrogens with one attached hydrogen (secondary N) is 1. The first-order chi connectivity index (χ1) is 11.7. The summed E-state index contributed by atoms with van der Waals surface area (Å²) >= 11 is 1.60. The summed E-state index contributed by atoms with van der Waals surface area (Å²) in [6, 6.07) is 6.05. The summed E-state index contributed by atoms with van der Waals surface area (Å²) in [4.78, 5) is 17.1. The maximum Gasteiger partial charge on any atom is 0.261 e. The largest absolute Gasteiger partial charge is 0.468 e. The third-order valence-electron chi connectivity index (χ3n) is 4.72. The molecule has 1 atom stereocenters. The van der Waals surface area contributed by atoms with Crippen molar-refractivity contribution in [3.63, 3.8) is 0 Å². The third kappa shape index (κ3) is 3.90. The zero-order chi connectivity index (χ0) is 16.9. The second kappa shape index (κ2) is 7.99. The van der Waals surface area contributed by atoms with E-state index >= 15 is 0 Å². The molecule has 1 aliphatic rings. The van der Waals surface area contributed by atoms with Crippen molar-refractivity contribution in [3.8, 4) is 0 Å². The van der Waals surface area contributed by atoms with Crippen LogP contribution in [0.15, 0.2) is 28.9 Å². The fraction of sp³-hybridized carbons (Fsp3) is 0.526. The number of hydrogen-bond acceptors (Lipinski definition) is 4. The molecule has 2 aromatic rings. The van der Waals surface area contributed by atoms with Gasteiger partial charge in [0.1, 0.15) is 5.76 Å². The normalized spacial score (nSPS) is 16.9. The van der Waals surface area contributed by atoms with Gasteiger partial charge in [0.05, 0.1) is 17.2 Å². The quantitative estimate of drug-likeness (QED) is 0.854. The van der Waals surface area contributed by atoms with Gasteiger partial charge in [0.25, 0.3) is 5.91 Å². The Labute approximate surface area is 147 Å². The summed E-state index contributed by atoms with van der Waals surface area (Å²) in [5, 5.41) is 3.12. The molecule has 0 radical (unpaired) electrons. The van der Waals surface area contributed by atoms with E-state index < -0.39 is 0 Å². The molecule has 5 heteroatoms. The minimum absolute atomic E-state index is 0.0244. The summed E-state index contributed by atoms with van der Waals surface area (Å²) in [6.45, 7) is 6.93. The second-order valence-corrected chi connectivity index (χ2v) is 7.55. The third-order valence-corrected chi connectivity index (χ3v) is 6.10. The van der Waals surface area contributed by atoms with E-state index in [4.69, 9.17) is 4.42 Å². The highest BCUT2D eigenvalue weighted by atomic mass is 32.1. The molecular weight excluding hydrogens is 320 g/mol. The molecule has 1 saturated heterocycles. The van der Waals surface area contributed by atoms with Crippen molar-refractivity contribution in [2.75, 3.05) is 19.6 Å². The molecule has 4 nitrogen and oxygen atoms in total. The van der Waals surface area contributed by atoms with Gasteiger partial charge in [-0.3, -0.25) is 9.69 Å². The molecular formula is C19H26N2O2S. The number of nitrogens with zero attached hydrogens (tertiary/aromatic N) is 1. The summed E-state index contributed by atoms with van der Waals surface area (Å²) in [5.74, 6) is 0.963. The topological polar surface area (TPSA) is 45.5 Å². The number of piperidine rings is 1. The van der Waals surface area contributed by atoms with Crippen LogP contribution in [0.5, 0.6) is 0 Å². The number of hydrogen-bond donors (Lipinski definition) is 1. The summed E-state index contributed by atoms with van der Waals surface area (Å²) in [6.07, 6.45) is 6.42. The highest BCUT2D eigenvalue weighted by molar-refractivity contribution is 7.14. The standard InChI is InChI=1S/C19H26N2O2S/c1-3-17-14(2)12-18(24-17)19(22)20-13-15(16-8-7-11-23-16)21-9-5-4-6-10-21/h7-8,11-12,15H,3-6,9-10,13H2,1-2H3,(H,20,22)/t15-/m1/s1. The van der Waals surface area contributed by atoms with Gasteiger partial charge in [-0.05, 0) is 63.0 Å². The van der Waals surface area contributed by atoms with Crippen LogP contribution in [0.2, 0.25) is 0 Å². The number of furan rings is 1. The number of amides is 1. The lowest BCUT2D eigenvalue weighted by Crippen LogP contribution is -2.40. The van der Waals surface area contributed by atoms with Crippen molar-refractivity contribution < 1.29 is 9.21 Å². The number of rotatable bonds is 6. The van der Waals surface area contributed by atoms with Gasteiger partial charge < -0.3 is 9.73 Å². The van der Waals surface area contributed by atoms with E-state index in [1.165, 1.54) is 29.7 Å². The van der Waals surface area contributed by atoms with Crippen LogP contribution in [0.3, 0.4) is 0 Å². The summed E-state index contributed by atoms with van der Waals surface area (Å²) in [5.41, 5.74) is 1.21. The molecule has 1 amide bonds. The van der Waals surface area contributed by atoms with Crippen LogP contribution in [-0.4, -0.2) is 30.4 Å². The minimum atomic E-state index is 0.0244. The number of carbonyl (C=O) groups excluding carboxylic acids is 1. The molecule has 0 unspecified atom stereocenters.